The summed E-state index contributed by atoms with van der Waals surface area (Å²) in [7, 11) is 1.29. The van der Waals surface area contributed by atoms with Gasteiger partial charge in [-0.15, -0.1) is 0 Å². The molecule has 21 heavy (non-hydrogen) atoms. The molecule has 2 aromatic heterocycles. The van der Waals surface area contributed by atoms with Gasteiger partial charge in [-0.25, -0.2) is 19.6 Å². The van der Waals surface area contributed by atoms with Gasteiger partial charge in [-0.3, -0.25) is 0 Å². The van der Waals surface area contributed by atoms with Gasteiger partial charge in [0.25, 0.3) is 0 Å². The van der Waals surface area contributed by atoms with Crippen LogP contribution in [-0.2, 0) is 10.5 Å². The summed E-state index contributed by atoms with van der Waals surface area (Å²) in [6.45, 7) is 0. The first-order valence-corrected chi connectivity index (χ1v) is 6.95. The van der Waals surface area contributed by atoms with Crippen LogP contribution in [0.5, 0.6) is 0 Å². The normalized spacial score (nSPS) is 10.1. The van der Waals surface area contributed by atoms with Crippen LogP contribution < -0.4 is 0 Å². The molecule has 0 saturated carbocycles. The topological polar surface area (TPSA) is 89.4 Å². The summed E-state index contributed by atoms with van der Waals surface area (Å²) in [5.41, 5.74) is 1.01. The zero-order valence-electron chi connectivity index (χ0n) is 11.1. The summed E-state index contributed by atoms with van der Waals surface area (Å²) >= 11 is 1.25. The van der Waals surface area contributed by atoms with E-state index in [-0.39, 0.29) is 11.3 Å². The van der Waals surface area contributed by atoms with Crippen LogP contribution in [0, 0.1) is 0 Å². The summed E-state index contributed by atoms with van der Waals surface area (Å²) < 4.78 is 4.61. The standard InChI is InChI=1S/C14H12N2O4S/c1-20-14(19)11-6-2-4-9(16-11)8-21-12-10(13(17)18)5-3-7-15-12/h2-7H,8H2,1H3,(H,17,18). The third kappa shape index (κ3) is 3.79. The largest absolute Gasteiger partial charge is 0.478 e. The predicted molar refractivity (Wildman–Crippen MR) is 76.3 cm³/mol. The van der Waals surface area contributed by atoms with Crippen LogP contribution in [0.1, 0.15) is 26.5 Å². The molecule has 0 saturated heterocycles. The number of hydrogen-bond donors (Lipinski definition) is 1. The molecule has 2 rings (SSSR count). The third-order valence-electron chi connectivity index (χ3n) is 2.56. The first kappa shape index (κ1) is 15.0. The van der Waals surface area contributed by atoms with Gasteiger partial charge in [-0.1, -0.05) is 17.8 Å². The number of thioether (sulfide) groups is 1. The fraction of sp³-hybridized carbons (Fsp3) is 0.143. The molecular weight excluding hydrogens is 292 g/mol. The molecule has 0 bridgehead atoms. The van der Waals surface area contributed by atoms with E-state index in [4.69, 9.17) is 5.11 Å². The van der Waals surface area contributed by atoms with Crippen LogP contribution in [0.25, 0.3) is 0 Å². The van der Waals surface area contributed by atoms with E-state index >= 15 is 0 Å². The second kappa shape index (κ2) is 6.85. The lowest BCUT2D eigenvalue weighted by molar-refractivity contribution is 0.0593. The van der Waals surface area contributed by atoms with Gasteiger partial charge >= 0.3 is 11.9 Å². The number of rotatable bonds is 5. The Morgan fingerprint density at radius 1 is 1.29 bits per heavy atom. The molecule has 0 aromatic carbocycles. The molecule has 1 N–H and O–H groups in total. The Bertz CT molecular complexity index is 676. The van der Waals surface area contributed by atoms with E-state index in [9.17, 15) is 9.59 Å². The maximum absolute atomic E-state index is 11.4. The van der Waals surface area contributed by atoms with Gasteiger partial charge in [0, 0.05) is 11.9 Å². The lowest BCUT2D eigenvalue weighted by Gasteiger charge is -2.05. The van der Waals surface area contributed by atoms with Crippen molar-refractivity contribution < 1.29 is 19.4 Å². The molecule has 0 unspecified atom stereocenters. The van der Waals surface area contributed by atoms with Gasteiger partial charge in [0.1, 0.15) is 10.7 Å². The molecule has 2 heterocycles. The van der Waals surface area contributed by atoms with Crippen LogP contribution in [0.15, 0.2) is 41.6 Å². The lowest BCUT2D eigenvalue weighted by atomic mass is 10.3. The van der Waals surface area contributed by atoms with Crippen molar-refractivity contribution in [1.29, 1.82) is 0 Å². The number of aromatic carboxylic acids is 1. The first-order chi connectivity index (χ1) is 10.1. The highest BCUT2D eigenvalue weighted by Gasteiger charge is 2.12. The highest BCUT2D eigenvalue weighted by Crippen LogP contribution is 2.23. The molecule has 0 amide bonds. The fourth-order valence-electron chi connectivity index (χ4n) is 1.59. The molecule has 0 aliphatic rings. The van der Waals surface area contributed by atoms with Crippen molar-refractivity contribution in [3.63, 3.8) is 0 Å². The summed E-state index contributed by atoms with van der Waals surface area (Å²) in [5, 5.41) is 9.49. The van der Waals surface area contributed by atoms with Crippen molar-refractivity contribution in [3.8, 4) is 0 Å². The Hall–Kier alpha value is -2.41. The Balaban J connectivity index is 2.14. The van der Waals surface area contributed by atoms with Crippen LogP contribution in [-0.4, -0.2) is 34.1 Å². The number of ether oxygens (including phenoxy) is 1. The summed E-state index contributed by atoms with van der Waals surface area (Å²) in [6.07, 6.45) is 1.53. The summed E-state index contributed by atoms with van der Waals surface area (Å²) in [4.78, 5) is 30.7. The number of hydrogen-bond acceptors (Lipinski definition) is 6. The lowest BCUT2D eigenvalue weighted by Crippen LogP contribution is -2.05. The van der Waals surface area contributed by atoms with E-state index in [1.54, 1.807) is 24.3 Å². The summed E-state index contributed by atoms with van der Waals surface area (Å²) in [6, 6.07) is 8.08. The van der Waals surface area contributed by atoms with E-state index in [2.05, 4.69) is 14.7 Å². The molecule has 0 aliphatic carbocycles. The Morgan fingerprint density at radius 3 is 2.81 bits per heavy atom. The van der Waals surface area contributed by atoms with Crippen molar-refractivity contribution in [2.24, 2.45) is 0 Å². The zero-order valence-corrected chi connectivity index (χ0v) is 12.0. The summed E-state index contributed by atoms with van der Waals surface area (Å²) in [5.74, 6) is -1.13. The van der Waals surface area contributed by atoms with Crippen LogP contribution >= 0.6 is 11.8 Å². The number of methoxy groups -OCH3 is 1. The molecule has 6 nitrogen and oxygen atoms in total. The van der Waals surface area contributed by atoms with Gasteiger partial charge in [0.15, 0.2) is 0 Å². The Kier molecular flexibility index (Phi) is 4.89. The van der Waals surface area contributed by atoms with Crippen molar-refractivity contribution >= 4 is 23.7 Å². The average Bonchev–Trinajstić information content (AvgIpc) is 2.52. The van der Waals surface area contributed by atoms with Gasteiger partial charge in [-0.05, 0) is 24.3 Å². The van der Waals surface area contributed by atoms with E-state index in [0.29, 0.717) is 16.5 Å². The number of carbonyl (C=O) groups is 2. The Morgan fingerprint density at radius 2 is 2.10 bits per heavy atom. The molecule has 108 valence electrons. The average molecular weight is 304 g/mol. The maximum Gasteiger partial charge on any atom is 0.356 e. The van der Waals surface area contributed by atoms with Crippen LogP contribution in [0.2, 0.25) is 0 Å². The molecule has 7 heteroatoms. The minimum absolute atomic E-state index is 0.145. The van der Waals surface area contributed by atoms with Gasteiger partial charge in [-0.2, -0.15) is 0 Å². The van der Waals surface area contributed by atoms with E-state index in [1.807, 2.05) is 0 Å². The molecule has 2 aromatic rings. The minimum atomic E-state index is -1.03. The number of carboxylic acids is 1. The van der Waals surface area contributed by atoms with Gasteiger partial charge < -0.3 is 9.84 Å². The highest BCUT2D eigenvalue weighted by atomic mass is 32.2. The smallest absolute Gasteiger partial charge is 0.356 e. The molecule has 0 spiro atoms. The maximum atomic E-state index is 11.4. The minimum Gasteiger partial charge on any atom is -0.478 e. The number of pyridine rings is 2. The van der Waals surface area contributed by atoms with Gasteiger partial charge in [0.2, 0.25) is 0 Å². The number of carbonyl (C=O) groups excluding carboxylic acids is 1. The first-order valence-electron chi connectivity index (χ1n) is 5.97. The second-order valence-corrected chi connectivity index (χ2v) is 4.92. The SMILES string of the molecule is COC(=O)c1cccc(CSc2ncccc2C(=O)O)n1. The molecule has 0 aliphatic heterocycles. The number of carboxylic acid groups (broad SMARTS) is 1. The Labute approximate surface area is 125 Å². The molecular formula is C14H12N2O4S. The quantitative estimate of drug-likeness (QED) is 0.669. The highest BCUT2D eigenvalue weighted by molar-refractivity contribution is 7.98. The van der Waals surface area contributed by atoms with Crippen LogP contribution in [0.4, 0.5) is 0 Å². The zero-order chi connectivity index (χ0) is 15.2. The third-order valence-corrected chi connectivity index (χ3v) is 3.60. The molecule has 0 fully saturated rings. The number of esters is 1. The van der Waals surface area contributed by atoms with Crippen molar-refractivity contribution in [2.45, 2.75) is 10.8 Å². The second-order valence-electron chi connectivity index (χ2n) is 3.96. The molecule has 0 atom stereocenters. The van der Waals surface area contributed by atoms with E-state index in [0.717, 1.165) is 0 Å². The van der Waals surface area contributed by atoms with Crippen molar-refractivity contribution in [1.82, 2.24) is 9.97 Å². The monoisotopic (exact) mass is 304 g/mol. The van der Waals surface area contributed by atoms with Crippen LogP contribution in [0.3, 0.4) is 0 Å². The molecule has 0 radical (unpaired) electrons. The van der Waals surface area contributed by atoms with Crippen molar-refractivity contribution in [2.75, 3.05) is 7.11 Å². The number of aromatic nitrogens is 2. The van der Waals surface area contributed by atoms with Gasteiger partial charge in [0.05, 0.1) is 18.4 Å². The predicted octanol–water partition coefficient (Wildman–Crippen LogP) is 2.25. The van der Waals surface area contributed by atoms with Crippen molar-refractivity contribution in [3.05, 3.63) is 53.5 Å². The fourth-order valence-corrected chi connectivity index (χ4v) is 2.48. The van der Waals surface area contributed by atoms with E-state index in [1.165, 1.54) is 31.1 Å². The number of nitrogens with zero attached hydrogens (tertiary/aromatic N) is 2. The van der Waals surface area contributed by atoms with E-state index < -0.39 is 11.9 Å².